The van der Waals surface area contributed by atoms with Gasteiger partial charge >= 0.3 is 5.97 Å². The number of aliphatic carboxylic acids is 1. The fourth-order valence-corrected chi connectivity index (χ4v) is 2.69. The summed E-state index contributed by atoms with van der Waals surface area (Å²) in [5.74, 6) is -2.72. The van der Waals surface area contributed by atoms with E-state index >= 15 is 0 Å². The highest BCUT2D eigenvalue weighted by molar-refractivity contribution is 7.98. The van der Waals surface area contributed by atoms with Gasteiger partial charge in [0, 0.05) is 0 Å². The van der Waals surface area contributed by atoms with Crippen molar-refractivity contribution in [3.63, 3.8) is 0 Å². The van der Waals surface area contributed by atoms with E-state index in [-0.39, 0.29) is 5.92 Å². The molecule has 10 nitrogen and oxygen atoms in total. The quantitative estimate of drug-likeness (QED) is 0.213. The first kappa shape index (κ1) is 26.1. The van der Waals surface area contributed by atoms with Crippen molar-refractivity contribution in [2.45, 2.75) is 57.8 Å². The van der Waals surface area contributed by atoms with Crippen LogP contribution in [0.4, 0.5) is 0 Å². The molecule has 11 heteroatoms. The van der Waals surface area contributed by atoms with Crippen molar-refractivity contribution in [1.82, 2.24) is 16.0 Å². The molecule has 0 fully saturated rings. The molecule has 3 amide bonds. The molecule has 0 aromatic heterocycles. The highest BCUT2D eigenvalue weighted by Gasteiger charge is 2.31. The second-order valence-electron chi connectivity index (χ2n) is 6.59. The van der Waals surface area contributed by atoms with E-state index in [0.717, 1.165) is 0 Å². The number of hydrogen-bond acceptors (Lipinski definition) is 7. The molecule has 0 rings (SSSR count). The smallest absolute Gasteiger partial charge is 0.322 e. The highest BCUT2D eigenvalue weighted by atomic mass is 32.2. The van der Waals surface area contributed by atoms with Crippen LogP contribution in [0.15, 0.2) is 0 Å². The van der Waals surface area contributed by atoms with Gasteiger partial charge in [-0.25, -0.2) is 0 Å². The zero-order chi connectivity index (χ0) is 21.9. The minimum atomic E-state index is -1.36. The van der Waals surface area contributed by atoms with Crippen LogP contribution >= 0.6 is 11.8 Å². The van der Waals surface area contributed by atoms with E-state index in [1.54, 1.807) is 0 Å². The molecule has 0 aromatic carbocycles. The number of carboxylic acids is 1. The topological polar surface area (TPSA) is 171 Å². The van der Waals surface area contributed by atoms with Crippen LogP contribution in [0.25, 0.3) is 0 Å². The summed E-state index contributed by atoms with van der Waals surface area (Å²) in [5, 5.41) is 25.5. The summed E-state index contributed by atoms with van der Waals surface area (Å²) in [6.45, 7) is 4.38. The van der Waals surface area contributed by atoms with Crippen molar-refractivity contribution in [2.75, 3.05) is 18.6 Å². The van der Waals surface area contributed by atoms with Gasteiger partial charge in [0.25, 0.3) is 0 Å². The molecule has 0 bridgehead atoms. The first-order valence-electron chi connectivity index (χ1n) is 9.07. The Morgan fingerprint density at radius 2 is 1.68 bits per heavy atom. The molecule has 5 atom stereocenters. The molecule has 0 heterocycles. The van der Waals surface area contributed by atoms with E-state index in [4.69, 9.17) is 10.8 Å². The first-order chi connectivity index (χ1) is 13.0. The minimum absolute atomic E-state index is 0.0729. The molecule has 28 heavy (non-hydrogen) atoms. The Morgan fingerprint density at radius 1 is 1.07 bits per heavy atom. The van der Waals surface area contributed by atoms with Gasteiger partial charge in [-0.2, -0.15) is 11.8 Å². The van der Waals surface area contributed by atoms with Crippen LogP contribution in [0.2, 0.25) is 0 Å². The number of carbonyl (C=O) groups excluding carboxylic acids is 3. The number of carboxylic acid groups (broad SMARTS) is 1. The first-order valence-corrected chi connectivity index (χ1v) is 10.5. The van der Waals surface area contributed by atoms with E-state index in [1.807, 2.05) is 20.1 Å². The molecule has 0 saturated carbocycles. The van der Waals surface area contributed by atoms with Crippen molar-refractivity contribution in [1.29, 1.82) is 0 Å². The maximum Gasteiger partial charge on any atom is 0.322 e. The Bertz CT molecular complexity index is 546. The van der Waals surface area contributed by atoms with E-state index < -0.39 is 54.5 Å². The SMILES string of the molecule is CCC(C)C(N)C(=O)NC(CCSC)C(=O)NC(C(=O)NCC(=O)O)C(C)O. The monoisotopic (exact) mass is 420 g/mol. The number of aliphatic hydroxyl groups is 1. The summed E-state index contributed by atoms with van der Waals surface area (Å²) in [6, 6.07) is -3.08. The van der Waals surface area contributed by atoms with Gasteiger partial charge in [0.1, 0.15) is 18.6 Å². The number of nitrogens with one attached hydrogen (secondary N) is 3. The van der Waals surface area contributed by atoms with Gasteiger partial charge in [0.2, 0.25) is 17.7 Å². The van der Waals surface area contributed by atoms with Crippen LogP contribution in [0.1, 0.15) is 33.6 Å². The fraction of sp³-hybridized carbons (Fsp3) is 0.765. The van der Waals surface area contributed by atoms with Crippen LogP contribution in [-0.2, 0) is 19.2 Å². The average molecular weight is 421 g/mol. The van der Waals surface area contributed by atoms with Crippen LogP contribution in [-0.4, -0.2) is 76.7 Å². The number of hydrogen-bond donors (Lipinski definition) is 6. The Labute approximate surface area is 169 Å². The summed E-state index contributed by atoms with van der Waals surface area (Å²) in [5.41, 5.74) is 5.91. The summed E-state index contributed by atoms with van der Waals surface area (Å²) in [4.78, 5) is 47.6. The third-order valence-electron chi connectivity index (χ3n) is 4.28. The maximum absolute atomic E-state index is 12.6. The second kappa shape index (κ2) is 13.3. The van der Waals surface area contributed by atoms with E-state index in [2.05, 4.69) is 16.0 Å². The predicted molar refractivity (Wildman–Crippen MR) is 107 cm³/mol. The van der Waals surface area contributed by atoms with Gasteiger partial charge in [-0.3, -0.25) is 19.2 Å². The van der Waals surface area contributed by atoms with Gasteiger partial charge in [-0.15, -0.1) is 0 Å². The van der Waals surface area contributed by atoms with E-state index in [1.165, 1.54) is 18.7 Å². The molecule has 0 saturated heterocycles. The normalized spacial score (nSPS) is 16.2. The summed E-state index contributed by atoms with van der Waals surface area (Å²) < 4.78 is 0. The van der Waals surface area contributed by atoms with Crippen molar-refractivity contribution in [3.8, 4) is 0 Å². The van der Waals surface area contributed by atoms with Gasteiger partial charge < -0.3 is 31.9 Å². The van der Waals surface area contributed by atoms with Crippen LogP contribution in [0.5, 0.6) is 0 Å². The third kappa shape index (κ3) is 9.38. The number of aliphatic hydroxyl groups excluding tert-OH is 1. The largest absolute Gasteiger partial charge is 0.480 e. The number of amides is 3. The molecule has 162 valence electrons. The second-order valence-corrected chi connectivity index (χ2v) is 7.58. The molecule has 7 N–H and O–H groups in total. The standard InChI is InChI=1S/C17H32N4O6S/c1-5-9(2)13(18)16(26)20-11(6-7-28-4)15(25)21-14(10(3)22)17(27)19-8-12(23)24/h9-11,13-14,22H,5-8,18H2,1-4H3,(H,19,27)(H,20,26)(H,21,25)(H,23,24). The molecular weight excluding hydrogens is 388 g/mol. The number of rotatable bonds is 13. The molecule has 0 aliphatic rings. The van der Waals surface area contributed by atoms with Gasteiger partial charge in [0.15, 0.2) is 0 Å². The fourth-order valence-electron chi connectivity index (χ4n) is 2.22. The lowest BCUT2D eigenvalue weighted by atomic mass is 9.99. The Hall–Kier alpha value is -1.85. The molecule has 5 unspecified atom stereocenters. The zero-order valence-electron chi connectivity index (χ0n) is 16.7. The van der Waals surface area contributed by atoms with Crippen molar-refractivity contribution >= 4 is 35.5 Å². The lowest BCUT2D eigenvalue weighted by Crippen LogP contribution is -2.59. The molecule has 0 radical (unpaired) electrons. The Balaban J connectivity index is 5.16. The summed E-state index contributed by atoms with van der Waals surface area (Å²) in [6.07, 6.45) is 1.58. The van der Waals surface area contributed by atoms with Gasteiger partial charge in [0.05, 0.1) is 12.1 Å². The summed E-state index contributed by atoms with van der Waals surface area (Å²) >= 11 is 1.48. The molecular formula is C17H32N4O6S. The van der Waals surface area contributed by atoms with Gasteiger partial charge in [-0.05, 0) is 31.3 Å². The number of carbonyl (C=O) groups is 4. The Kier molecular flexibility index (Phi) is 12.5. The highest BCUT2D eigenvalue weighted by Crippen LogP contribution is 2.08. The Morgan fingerprint density at radius 3 is 2.14 bits per heavy atom. The summed E-state index contributed by atoms with van der Waals surface area (Å²) in [7, 11) is 0. The molecule has 0 aliphatic carbocycles. The van der Waals surface area contributed by atoms with E-state index in [9.17, 15) is 24.3 Å². The zero-order valence-corrected chi connectivity index (χ0v) is 17.5. The molecule has 0 spiro atoms. The van der Waals surface area contributed by atoms with Gasteiger partial charge in [-0.1, -0.05) is 20.3 Å². The number of thioether (sulfide) groups is 1. The minimum Gasteiger partial charge on any atom is -0.480 e. The lowest BCUT2D eigenvalue weighted by Gasteiger charge is -2.26. The van der Waals surface area contributed by atoms with Crippen molar-refractivity contribution < 1.29 is 29.4 Å². The average Bonchev–Trinajstić information content (AvgIpc) is 2.65. The lowest BCUT2D eigenvalue weighted by molar-refractivity contribution is -0.139. The number of nitrogens with two attached hydrogens (primary N) is 1. The molecule has 0 aromatic rings. The van der Waals surface area contributed by atoms with Crippen molar-refractivity contribution in [2.24, 2.45) is 11.7 Å². The molecule has 0 aliphatic heterocycles. The van der Waals surface area contributed by atoms with E-state index in [0.29, 0.717) is 18.6 Å². The van der Waals surface area contributed by atoms with Crippen LogP contribution in [0.3, 0.4) is 0 Å². The van der Waals surface area contributed by atoms with Crippen LogP contribution < -0.4 is 21.7 Å². The predicted octanol–water partition coefficient (Wildman–Crippen LogP) is -1.34. The third-order valence-corrected chi connectivity index (χ3v) is 4.92. The maximum atomic E-state index is 12.6. The van der Waals surface area contributed by atoms with Crippen LogP contribution in [0, 0.1) is 5.92 Å². The van der Waals surface area contributed by atoms with Crippen molar-refractivity contribution in [3.05, 3.63) is 0 Å².